The number of aromatic nitrogens is 1. The van der Waals surface area contributed by atoms with Crippen LogP contribution in [0.5, 0.6) is 5.75 Å². The SMILES string of the molecule is Cc1ccc(C(=O)c2cccn2CC/C=C/c2cccc(O[C@@H](C)C(=O)O)c2)cc1. The van der Waals surface area contributed by atoms with Gasteiger partial charge in [-0.2, -0.15) is 0 Å². The molecule has 0 unspecified atom stereocenters. The molecule has 1 heterocycles. The summed E-state index contributed by atoms with van der Waals surface area (Å²) in [6.07, 6.45) is 5.75. The highest BCUT2D eigenvalue weighted by Crippen LogP contribution is 2.17. The summed E-state index contributed by atoms with van der Waals surface area (Å²) >= 11 is 0. The number of carbonyl (C=O) groups is 2. The topological polar surface area (TPSA) is 68.5 Å². The molecule has 0 aliphatic heterocycles. The zero-order valence-corrected chi connectivity index (χ0v) is 17.1. The Morgan fingerprint density at radius 2 is 1.87 bits per heavy atom. The number of nitrogens with zero attached hydrogens (tertiary/aromatic N) is 1. The number of carbonyl (C=O) groups excluding carboxylic acids is 1. The summed E-state index contributed by atoms with van der Waals surface area (Å²) in [5, 5.41) is 8.96. The van der Waals surface area contributed by atoms with Gasteiger partial charge in [-0.1, -0.05) is 54.1 Å². The molecule has 5 nitrogen and oxygen atoms in total. The highest BCUT2D eigenvalue weighted by molar-refractivity contribution is 6.08. The highest BCUT2D eigenvalue weighted by atomic mass is 16.5. The number of hydrogen-bond donors (Lipinski definition) is 1. The fraction of sp³-hybridized carbons (Fsp3) is 0.200. The molecule has 3 aromatic rings. The van der Waals surface area contributed by atoms with Crippen molar-refractivity contribution in [3.05, 3.63) is 95.3 Å². The predicted octanol–water partition coefficient (Wildman–Crippen LogP) is 4.98. The molecular formula is C25H25NO4. The first kappa shape index (κ1) is 21.1. The maximum absolute atomic E-state index is 12.8. The van der Waals surface area contributed by atoms with Crippen LogP contribution in [0.3, 0.4) is 0 Å². The van der Waals surface area contributed by atoms with E-state index in [4.69, 9.17) is 9.84 Å². The average molecular weight is 403 g/mol. The van der Waals surface area contributed by atoms with Crippen LogP contribution in [0.25, 0.3) is 6.08 Å². The molecule has 0 aliphatic carbocycles. The summed E-state index contributed by atoms with van der Waals surface area (Å²) in [7, 11) is 0. The first-order chi connectivity index (χ1) is 14.4. The Morgan fingerprint density at radius 1 is 1.10 bits per heavy atom. The molecule has 0 saturated heterocycles. The third-order valence-electron chi connectivity index (χ3n) is 4.74. The van der Waals surface area contributed by atoms with Gasteiger partial charge in [-0.3, -0.25) is 4.79 Å². The molecular weight excluding hydrogens is 378 g/mol. The maximum atomic E-state index is 12.8. The van der Waals surface area contributed by atoms with Crippen molar-refractivity contribution in [1.82, 2.24) is 4.57 Å². The summed E-state index contributed by atoms with van der Waals surface area (Å²) < 4.78 is 7.36. The summed E-state index contributed by atoms with van der Waals surface area (Å²) in [6, 6.07) is 18.6. The predicted molar refractivity (Wildman–Crippen MR) is 117 cm³/mol. The van der Waals surface area contributed by atoms with Crippen LogP contribution in [0.1, 0.15) is 40.5 Å². The Labute approximate surface area is 176 Å². The van der Waals surface area contributed by atoms with Crippen molar-refractivity contribution in [1.29, 1.82) is 0 Å². The van der Waals surface area contributed by atoms with Crippen LogP contribution < -0.4 is 4.74 Å². The van der Waals surface area contributed by atoms with E-state index in [1.54, 1.807) is 12.1 Å². The van der Waals surface area contributed by atoms with Crippen molar-refractivity contribution < 1.29 is 19.4 Å². The number of aryl methyl sites for hydroxylation is 2. The molecule has 2 aromatic carbocycles. The van der Waals surface area contributed by atoms with Gasteiger partial charge in [-0.25, -0.2) is 4.79 Å². The van der Waals surface area contributed by atoms with Crippen LogP contribution in [-0.4, -0.2) is 27.5 Å². The van der Waals surface area contributed by atoms with Crippen molar-refractivity contribution in [2.75, 3.05) is 0 Å². The van der Waals surface area contributed by atoms with E-state index in [1.165, 1.54) is 6.92 Å². The van der Waals surface area contributed by atoms with Gasteiger partial charge in [0.1, 0.15) is 5.75 Å². The van der Waals surface area contributed by atoms with E-state index in [0.717, 1.165) is 17.5 Å². The van der Waals surface area contributed by atoms with Gasteiger partial charge in [0, 0.05) is 18.3 Å². The van der Waals surface area contributed by atoms with E-state index in [2.05, 4.69) is 0 Å². The van der Waals surface area contributed by atoms with Gasteiger partial charge in [0.15, 0.2) is 6.10 Å². The number of hydrogen-bond acceptors (Lipinski definition) is 3. The third-order valence-corrected chi connectivity index (χ3v) is 4.74. The van der Waals surface area contributed by atoms with Crippen LogP contribution in [0.2, 0.25) is 0 Å². The van der Waals surface area contributed by atoms with Crippen LogP contribution in [0.15, 0.2) is 72.9 Å². The molecule has 0 spiro atoms. The van der Waals surface area contributed by atoms with E-state index in [0.29, 0.717) is 23.6 Å². The quantitative estimate of drug-likeness (QED) is 0.512. The lowest BCUT2D eigenvalue weighted by molar-refractivity contribution is -0.144. The van der Waals surface area contributed by atoms with Crippen molar-refractivity contribution in [2.45, 2.75) is 32.9 Å². The zero-order chi connectivity index (χ0) is 21.5. The summed E-state index contributed by atoms with van der Waals surface area (Å²) in [5.41, 5.74) is 3.40. The Morgan fingerprint density at radius 3 is 2.60 bits per heavy atom. The minimum Gasteiger partial charge on any atom is -0.479 e. The molecule has 0 fully saturated rings. The molecule has 5 heteroatoms. The number of aliphatic carboxylic acids is 1. The van der Waals surface area contributed by atoms with Crippen molar-refractivity contribution >= 4 is 17.8 Å². The Hall–Kier alpha value is -3.60. The largest absolute Gasteiger partial charge is 0.479 e. The summed E-state index contributed by atoms with van der Waals surface area (Å²) in [5.74, 6) is -0.469. The first-order valence-electron chi connectivity index (χ1n) is 9.86. The van der Waals surface area contributed by atoms with Gasteiger partial charge >= 0.3 is 5.97 Å². The van der Waals surface area contributed by atoms with Crippen LogP contribution in [0, 0.1) is 6.92 Å². The van der Waals surface area contributed by atoms with Gasteiger partial charge in [-0.15, -0.1) is 0 Å². The number of rotatable bonds is 9. The Kier molecular flexibility index (Phi) is 6.86. The molecule has 154 valence electrons. The van der Waals surface area contributed by atoms with E-state index >= 15 is 0 Å². The fourth-order valence-corrected chi connectivity index (χ4v) is 3.05. The summed E-state index contributed by atoms with van der Waals surface area (Å²) in [6.45, 7) is 4.18. The van der Waals surface area contributed by atoms with Crippen LogP contribution >= 0.6 is 0 Å². The monoisotopic (exact) mass is 403 g/mol. The maximum Gasteiger partial charge on any atom is 0.344 e. The van der Waals surface area contributed by atoms with Crippen molar-refractivity contribution in [3.8, 4) is 5.75 Å². The van der Waals surface area contributed by atoms with E-state index in [9.17, 15) is 9.59 Å². The van der Waals surface area contributed by atoms with Crippen molar-refractivity contribution in [3.63, 3.8) is 0 Å². The standard InChI is InChI=1S/C25H25NO4/c1-18-11-13-21(14-12-18)24(27)23-10-6-16-26(23)15-4-3-7-20-8-5-9-22(17-20)30-19(2)25(28)29/h3,5-14,16-17,19H,4,15H2,1-2H3,(H,28,29)/b7-3+/t19-/m0/s1. The summed E-state index contributed by atoms with van der Waals surface area (Å²) in [4.78, 5) is 23.7. The molecule has 1 atom stereocenters. The number of benzene rings is 2. The lowest BCUT2D eigenvalue weighted by Gasteiger charge is -2.10. The van der Waals surface area contributed by atoms with Gasteiger partial charge < -0.3 is 14.4 Å². The van der Waals surface area contributed by atoms with Gasteiger partial charge in [0.2, 0.25) is 5.78 Å². The van der Waals surface area contributed by atoms with Crippen molar-refractivity contribution in [2.24, 2.45) is 0 Å². The van der Waals surface area contributed by atoms with Gasteiger partial charge in [0.25, 0.3) is 0 Å². The second-order valence-corrected chi connectivity index (χ2v) is 7.14. The smallest absolute Gasteiger partial charge is 0.344 e. The molecule has 0 aliphatic rings. The molecule has 3 rings (SSSR count). The molecule has 0 bridgehead atoms. The molecule has 0 radical (unpaired) electrons. The highest BCUT2D eigenvalue weighted by Gasteiger charge is 2.13. The molecule has 0 saturated carbocycles. The first-order valence-corrected chi connectivity index (χ1v) is 9.86. The normalized spacial score (nSPS) is 12.1. The minimum absolute atomic E-state index is 0.0152. The van der Waals surface area contributed by atoms with E-state index in [-0.39, 0.29) is 5.78 Å². The van der Waals surface area contributed by atoms with E-state index < -0.39 is 12.1 Å². The average Bonchev–Trinajstić information content (AvgIpc) is 3.20. The number of allylic oxidation sites excluding steroid dienone is 1. The molecule has 30 heavy (non-hydrogen) atoms. The number of carboxylic acid groups (broad SMARTS) is 1. The Balaban J connectivity index is 1.60. The fourth-order valence-electron chi connectivity index (χ4n) is 3.05. The number of carboxylic acids is 1. The second-order valence-electron chi connectivity index (χ2n) is 7.14. The molecule has 0 amide bonds. The lowest BCUT2D eigenvalue weighted by atomic mass is 10.1. The number of ketones is 1. The Bertz CT molecular complexity index is 1050. The second kappa shape index (κ2) is 9.74. The van der Waals surface area contributed by atoms with Gasteiger partial charge in [0.05, 0.1) is 5.69 Å². The lowest BCUT2D eigenvalue weighted by Crippen LogP contribution is -2.22. The minimum atomic E-state index is -1.00. The van der Waals surface area contributed by atoms with Crippen LogP contribution in [-0.2, 0) is 11.3 Å². The molecule has 1 N–H and O–H groups in total. The van der Waals surface area contributed by atoms with Crippen LogP contribution in [0.4, 0.5) is 0 Å². The zero-order valence-electron chi connectivity index (χ0n) is 17.1. The molecule has 1 aromatic heterocycles. The third kappa shape index (κ3) is 5.47. The number of ether oxygens (including phenoxy) is 1. The van der Waals surface area contributed by atoms with Gasteiger partial charge in [-0.05, 0) is 50.1 Å². The van der Waals surface area contributed by atoms with E-state index in [1.807, 2.05) is 78.4 Å².